The zero-order valence-corrected chi connectivity index (χ0v) is 15.6. The second-order valence-corrected chi connectivity index (χ2v) is 8.50. The van der Waals surface area contributed by atoms with Crippen LogP contribution in [0.2, 0.25) is 10.0 Å². The van der Waals surface area contributed by atoms with Gasteiger partial charge in [0.2, 0.25) is 10.0 Å². The third kappa shape index (κ3) is 3.40. The number of anilines is 1. The number of halogens is 2. The fraction of sp³-hybridized carbons (Fsp3) is 0.294. The molecule has 0 amide bonds. The predicted molar refractivity (Wildman–Crippen MR) is 98.6 cm³/mol. The molecule has 0 radical (unpaired) electrons. The lowest BCUT2D eigenvalue weighted by molar-refractivity contribution is 0.385. The number of rotatable bonds is 3. The third-order valence-corrected chi connectivity index (χ3v) is 6.83. The second kappa shape index (κ2) is 6.92. The summed E-state index contributed by atoms with van der Waals surface area (Å²) in [4.78, 5) is 2.35. The lowest BCUT2D eigenvalue weighted by atomic mass is 10.1. The molecule has 0 N–H and O–H groups in total. The van der Waals surface area contributed by atoms with Crippen LogP contribution >= 0.6 is 23.2 Å². The molecule has 2 aromatic rings. The average Bonchev–Trinajstić information content (AvgIpc) is 2.55. The van der Waals surface area contributed by atoms with Gasteiger partial charge in [-0.15, -0.1) is 0 Å². The highest BCUT2D eigenvalue weighted by Gasteiger charge is 2.30. The van der Waals surface area contributed by atoms with Gasteiger partial charge < -0.3 is 4.90 Å². The summed E-state index contributed by atoms with van der Waals surface area (Å²) >= 11 is 12.1. The van der Waals surface area contributed by atoms with E-state index >= 15 is 0 Å². The van der Waals surface area contributed by atoms with E-state index in [-0.39, 0.29) is 9.92 Å². The second-order valence-electron chi connectivity index (χ2n) is 5.75. The first-order valence-corrected chi connectivity index (χ1v) is 9.85. The number of nitrogens with zero attached hydrogens (tertiary/aromatic N) is 2. The monoisotopic (exact) mass is 384 g/mol. The minimum atomic E-state index is -3.56. The molecule has 0 bridgehead atoms. The maximum atomic E-state index is 12.8. The Bertz CT molecular complexity index is 847. The Hall–Kier alpha value is -1.27. The van der Waals surface area contributed by atoms with Crippen LogP contribution in [0.5, 0.6) is 0 Å². The minimum absolute atomic E-state index is 0.169. The molecule has 24 heavy (non-hydrogen) atoms. The lowest BCUT2D eigenvalue weighted by Crippen LogP contribution is -2.48. The summed E-state index contributed by atoms with van der Waals surface area (Å²) in [7, 11) is -3.56. The molecule has 1 heterocycles. The number of sulfonamides is 1. The number of benzene rings is 2. The van der Waals surface area contributed by atoms with Crippen LogP contribution in [-0.4, -0.2) is 38.9 Å². The summed E-state index contributed by atoms with van der Waals surface area (Å²) in [6.07, 6.45) is 0. The molecule has 0 unspecified atom stereocenters. The minimum Gasteiger partial charge on any atom is -0.369 e. The summed E-state index contributed by atoms with van der Waals surface area (Å²) in [6.45, 7) is 4.12. The van der Waals surface area contributed by atoms with Gasteiger partial charge in [0.1, 0.15) is 4.90 Å². The summed E-state index contributed by atoms with van der Waals surface area (Å²) in [5.41, 5.74) is 2.18. The number of hydrogen-bond acceptors (Lipinski definition) is 3. The van der Waals surface area contributed by atoms with Crippen LogP contribution in [0.25, 0.3) is 0 Å². The van der Waals surface area contributed by atoms with Crippen molar-refractivity contribution in [2.75, 3.05) is 31.1 Å². The van der Waals surface area contributed by atoms with Gasteiger partial charge in [-0.25, -0.2) is 8.42 Å². The van der Waals surface area contributed by atoms with Crippen LogP contribution < -0.4 is 4.90 Å². The molecule has 7 heteroatoms. The van der Waals surface area contributed by atoms with Gasteiger partial charge in [0.05, 0.1) is 5.02 Å². The van der Waals surface area contributed by atoms with Gasteiger partial charge in [0.15, 0.2) is 0 Å². The highest BCUT2D eigenvalue weighted by Crippen LogP contribution is 2.28. The van der Waals surface area contributed by atoms with E-state index in [1.165, 1.54) is 4.31 Å². The van der Waals surface area contributed by atoms with Gasteiger partial charge in [-0.2, -0.15) is 4.31 Å². The Morgan fingerprint density at radius 2 is 1.62 bits per heavy atom. The fourth-order valence-corrected chi connectivity index (χ4v) is 5.08. The standard InChI is InChI=1S/C17H18Cl2N2O2S/c1-13-12-14(18)6-7-16(13)20-8-10-21(11-9-20)24(22,23)17-5-3-2-4-15(17)19/h2-7,12H,8-11H2,1H3. The molecule has 3 rings (SSSR count). The van der Waals surface area contributed by atoms with Crippen molar-refractivity contribution in [3.63, 3.8) is 0 Å². The molecule has 0 saturated carbocycles. The molecule has 0 aliphatic carbocycles. The lowest BCUT2D eigenvalue weighted by Gasteiger charge is -2.36. The molecule has 2 aromatic carbocycles. The summed E-state index contributed by atoms with van der Waals surface area (Å²) < 4.78 is 27.0. The van der Waals surface area contributed by atoms with E-state index in [4.69, 9.17) is 23.2 Å². The first-order valence-electron chi connectivity index (χ1n) is 7.65. The molecular weight excluding hydrogens is 367 g/mol. The quantitative estimate of drug-likeness (QED) is 0.807. The van der Waals surface area contributed by atoms with E-state index in [2.05, 4.69) is 4.90 Å². The van der Waals surface area contributed by atoms with Crippen molar-refractivity contribution >= 4 is 38.9 Å². The van der Waals surface area contributed by atoms with Gasteiger partial charge in [-0.1, -0.05) is 35.3 Å². The first kappa shape index (κ1) is 17.5. The Labute approximate surface area is 152 Å². The van der Waals surface area contributed by atoms with Crippen LogP contribution in [0.15, 0.2) is 47.4 Å². The van der Waals surface area contributed by atoms with Gasteiger partial charge in [-0.05, 0) is 42.8 Å². The molecule has 1 fully saturated rings. The van der Waals surface area contributed by atoms with Crippen molar-refractivity contribution in [3.05, 3.63) is 58.1 Å². The van der Waals surface area contributed by atoms with Crippen molar-refractivity contribution < 1.29 is 8.42 Å². The predicted octanol–water partition coefficient (Wildman–Crippen LogP) is 3.81. The van der Waals surface area contributed by atoms with E-state index < -0.39 is 10.0 Å². The summed E-state index contributed by atoms with van der Waals surface area (Å²) in [5.74, 6) is 0. The van der Waals surface area contributed by atoms with Gasteiger partial charge in [-0.3, -0.25) is 0 Å². The van der Waals surface area contributed by atoms with Crippen molar-refractivity contribution in [2.45, 2.75) is 11.8 Å². The van der Waals surface area contributed by atoms with Crippen LogP contribution in [0, 0.1) is 6.92 Å². The third-order valence-electron chi connectivity index (χ3n) is 4.19. The Morgan fingerprint density at radius 1 is 0.958 bits per heavy atom. The molecule has 128 valence electrons. The van der Waals surface area contributed by atoms with Crippen molar-refractivity contribution in [1.82, 2.24) is 4.31 Å². The van der Waals surface area contributed by atoms with Crippen molar-refractivity contribution in [3.8, 4) is 0 Å². The largest absolute Gasteiger partial charge is 0.369 e. The van der Waals surface area contributed by atoms with Gasteiger partial charge >= 0.3 is 0 Å². The van der Waals surface area contributed by atoms with Crippen LogP contribution in [-0.2, 0) is 10.0 Å². The van der Waals surface area contributed by atoms with E-state index in [9.17, 15) is 8.42 Å². The Morgan fingerprint density at radius 3 is 2.25 bits per heavy atom. The summed E-state index contributed by atoms with van der Waals surface area (Å²) in [5, 5.41) is 0.963. The SMILES string of the molecule is Cc1cc(Cl)ccc1N1CCN(S(=O)(=O)c2ccccc2Cl)CC1. The van der Waals surface area contributed by atoms with Crippen LogP contribution in [0.4, 0.5) is 5.69 Å². The van der Waals surface area contributed by atoms with Crippen molar-refractivity contribution in [2.24, 2.45) is 0 Å². The van der Waals surface area contributed by atoms with E-state index in [0.717, 1.165) is 11.3 Å². The fourth-order valence-electron chi connectivity index (χ4n) is 2.94. The van der Waals surface area contributed by atoms with Gasteiger partial charge in [0.25, 0.3) is 0 Å². The van der Waals surface area contributed by atoms with Gasteiger partial charge in [0, 0.05) is 36.9 Å². The highest BCUT2D eigenvalue weighted by molar-refractivity contribution is 7.89. The van der Waals surface area contributed by atoms with Crippen LogP contribution in [0.1, 0.15) is 5.56 Å². The van der Waals surface area contributed by atoms with Crippen LogP contribution in [0.3, 0.4) is 0 Å². The average molecular weight is 385 g/mol. The Balaban J connectivity index is 1.76. The maximum absolute atomic E-state index is 12.8. The molecular formula is C17H18Cl2N2O2S. The molecule has 1 aliphatic heterocycles. The molecule has 4 nitrogen and oxygen atoms in total. The summed E-state index contributed by atoms with van der Waals surface area (Å²) in [6, 6.07) is 12.3. The van der Waals surface area contributed by atoms with E-state index in [0.29, 0.717) is 31.2 Å². The van der Waals surface area contributed by atoms with E-state index in [1.807, 2.05) is 25.1 Å². The zero-order chi connectivity index (χ0) is 17.3. The molecule has 0 atom stereocenters. The highest BCUT2D eigenvalue weighted by atomic mass is 35.5. The molecule has 1 saturated heterocycles. The topological polar surface area (TPSA) is 40.6 Å². The molecule has 1 aliphatic rings. The number of hydrogen-bond donors (Lipinski definition) is 0. The maximum Gasteiger partial charge on any atom is 0.244 e. The smallest absolute Gasteiger partial charge is 0.244 e. The molecule has 0 aromatic heterocycles. The Kier molecular flexibility index (Phi) is 5.06. The van der Waals surface area contributed by atoms with E-state index in [1.54, 1.807) is 24.3 Å². The van der Waals surface area contributed by atoms with Crippen molar-refractivity contribution in [1.29, 1.82) is 0 Å². The molecule has 0 spiro atoms. The zero-order valence-electron chi connectivity index (χ0n) is 13.2. The first-order chi connectivity index (χ1) is 11.4. The normalized spacial score (nSPS) is 16.4. The number of aryl methyl sites for hydroxylation is 1. The number of piperazine rings is 1.